The van der Waals surface area contributed by atoms with Gasteiger partial charge in [0, 0.05) is 56.8 Å². The van der Waals surface area contributed by atoms with Gasteiger partial charge in [-0.1, -0.05) is 12.8 Å². The minimum absolute atomic E-state index is 0.0155. The standard InChI is InChI=1S/C26H32N4O3/c31-25(19-4-1-2-5-19)29-14-11-24(12-15-29)33-23-9-7-21(8-10-23)30(22-6-3-13-27-18-22)26(32)20-16-28-17-20/h3,6-10,13,18-20,24,28H,1-2,4-5,11-12,14-17H2. The number of carbonyl (C=O) groups is 2. The van der Waals surface area contributed by atoms with Crippen molar-refractivity contribution in [1.29, 1.82) is 0 Å². The van der Waals surface area contributed by atoms with E-state index in [-0.39, 0.29) is 23.8 Å². The summed E-state index contributed by atoms with van der Waals surface area (Å²) in [5, 5.41) is 3.17. The molecular weight excluding hydrogens is 416 g/mol. The number of aromatic nitrogens is 1. The minimum atomic E-state index is -0.0155. The summed E-state index contributed by atoms with van der Waals surface area (Å²) in [6, 6.07) is 11.5. The van der Waals surface area contributed by atoms with Gasteiger partial charge in [0.1, 0.15) is 11.9 Å². The molecule has 5 rings (SSSR count). The average Bonchev–Trinajstić information content (AvgIpc) is 3.35. The Morgan fingerprint density at radius 1 is 0.939 bits per heavy atom. The highest BCUT2D eigenvalue weighted by molar-refractivity contribution is 6.02. The predicted molar refractivity (Wildman–Crippen MR) is 126 cm³/mol. The summed E-state index contributed by atoms with van der Waals surface area (Å²) >= 11 is 0. The third-order valence-electron chi connectivity index (χ3n) is 7.11. The van der Waals surface area contributed by atoms with E-state index in [9.17, 15) is 9.59 Å². The van der Waals surface area contributed by atoms with E-state index in [1.165, 1.54) is 12.8 Å². The molecule has 2 aliphatic heterocycles. The van der Waals surface area contributed by atoms with E-state index in [1.807, 2.05) is 41.3 Å². The van der Waals surface area contributed by atoms with Gasteiger partial charge in [-0.25, -0.2) is 0 Å². The van der Waals surface area contributed by atoms with Crippen molar-refractivity contribution in [3.8, 4) is 5.75 Å². The maximum absolute atomic E-state index is 13.1. The quantitative estimate of drug-likeness (QED) is 0.732. The Bertz CT molecular complexity index is 947. The molecule has 3 aliphatic rings. The molecule has 2 amide bonds. The van der Waals surface area contributed by atoms with Crippen LogP contribution in [0.1, 0.15) is 38.5 Å². The van der Waals surface area contributed by atoms with Crippen LogP contribution in [0, 0.1) is 11.8 Å². The van der Waals surface area contributed by atoms with Gasteiger partial charge in [-0.2, -0.15) is 0 Å². The van der Waals surface area contributed by atoms with Crippen LogP contribution in [0.2, 0.25) is 0 Å². The van der Waals surface area contributed by atoms with E-state index in [0.717, 1.165) is 55.9 Å². The first-order valence-corrected chi connectivity index (χ1v) is 12.2. The van der Waals surface area contributed by atoms with Gasteiger partial charge in [0.05, 0.1) is 17.8 Å². The number of nitrogens with one attached hydrogen (secondary N) is 1. The SMILES string of the molecule is O=C(C1CCCC1)N1CCC(Oc2ccc(N(C(=O)C3CNC3)c3cccnc3)cc2)CC1. The lowest BCUT2D eigenvalue weighted by molar-refractivity contribution is -0.137. The lowest BCUT2D eigenvalue weighted by Crippen LogP contribution is -2.51. The fourth-order valence-electron chi connectivity index (χ4n) is 5.03. The van der Waals surface area contributed by atoms with Crippen molar-refractivity contribution in [2.45, 2.75) is 44.6 Å². The van der Waals surface area contributed by atoms with Crippen LogP contribution in [0.25, 0.3) is 0 Å². The first-order chi connectivity index (χ1) is 16.2. The van der Waals surface area contributed by atoms with Crippen molar-refractivity contribution < 1.29 is 14.3 Å². The molecule has 33 heavy (non-hydrogen) atoms. The van der Waals surface area contributed by atoms with Gasteiger partial charge >= 0.3 is 0 Å². The number of nitrogens with zero attached hydrogens (tertiary/aromatic N) is 3. The van der Waals surface area contributed by atoms with E-state index in [1.54, 1.807) is 17.3 Å². The van der Waals surface area contributed by atoms with Gasteiger partial charge in [0.2, 0.25) is 11.8 Å². The zero-order valence-corrected chi connectivity index (χ0v) is 19.0. The fraction of sp³-hybridized carbons (Fsp3) is 0.500. The van der Waals surface area contributed by atoms with Crippen LogP contribution in [-0.4, -0.2) is 54.0 Å². The number of anilines is 2. The van der Waals surface area contributed by atoms with Crippen LogP contribution >= 0.6 is 0 Å². The third-order valence-corrected chi connectivity index (χ3v) is 7.11. The van der Waals surface area contributed by atoms with Crippen LogP contribution in [0.15, 0.2) is 48.8 Å². The van der Waals surface area contributed by atoms with Crippen molar-refractivity contribution in [1.82, 2.24) is 15.2 Å². The molecule has 2 aromatic rings. The van der Waals surface area contributed by atoms with Gasteiger partial charge in [-0.15, -0.1) is 0 Å². The Kier molecular flexibility index (Phi) is 6.58. The van der Waals surface area contributed by atoms with Gasteiger partial charge in [0.15, 0.2) is 0 Å². The first kappa shape index (κ1) is 21.9. The molecule has 7 heteroatoms. The molecule has 1 N–H and O–H groups in total. The van der Waals surface area contributed by atoms with Crippen LogP contribution < -0.4 is 15.0 Å². The molecule has 2 saturated heterocycles. The minimum Gasteiger partial charge on any atom is -0.490 e. The maximum Gasteiger partial charge on any atom is 0.237 e. The second kappa shape index (κ2) is 9.91. The highest BCUT2D eigenvalue weighted by Gasteiger charge is 2.32. The summed E-state index contributed by atoms with van der Waals surface area (Å²) in [5.41, 5.74) is 1.58. The topological polar surface area (TPSA) is 74.8 Å². The predicted octanol–water partition coefficient (Wildman–Crippen LogP) is 3.53. The average molecular weight is 449 g/mol. The summed E-state index contributed by atoms with van der Waals surface area (Å²) in [4.78, 5) is 33.7. The third kappa shape index (κ3) is 4.88. The second-order valence-corrected chi connectivity index (χ2v) is 9.36. The molecule has 174 valence electrons. The fourth-order valence-corrected chi connectivity index (χ4v) is 5.03. The molecule has 1 saturated carbocycles. The lowest BCUT2D eigenvalue weighted by atomic mass is 10.0. The molecule has 0 unspecified atom stereocenters. The largest absolute Gasteiger partial charge is 0.490 e. The van der Waals surface area contributed by atoms with E-state index >= 15 is 0 Å². The van der Waals surface area contributed by atoms with Crippen molar-refractivity contribution >= 4 is 23.2 Å². The van der Waals surface area contributed by atoms with Gasteiger partial charge in [0.25, 0.3) is 0 Å². The number of amides is 2. The van der Waals surface area contributed by atoms with E-state index in [2.05, 4.69) is 10.3 Å². The highest BCUT2D eigenvalue weighted by atomic mass is 16.5. The summed E-state index contributed by atoms with van der Waals surface area (Å²) < 4.78 is 6.23. The summed E-state index contributed by atoms with van der Waals surface area (Å²) in [6.07, 6.45) is 9.73. The number of benzene rings is 1. The van der Waals surface area contributed by atoms with Crippen LogP contribution in [0.5, 0.6) is 5.75 Å². The van der Waals surface area contributed by atoms with E-state index < -0.39 is 0 Å². The van der Waals surface area contributed by atoms with Gasteiger partial charge in [-0.3, -0.25) is 19.5 Å². The Hall–Kier alpha value is -2.93. The number of likely N-dealkylation sites (tertiary alicyclic amines) is 1. The van der Waals surface area contributed by atoms with Crippen LogP contribution in [0.4, 0.5) is 11.4 Å². The molecule has 3 fully saturated rings. The number of hydrogen-bond acceptors (Lipinski definition) is 5. The molecule has 1 aromatic heterocycles. The van der Waals surface area contributed by atoms with Crippen LogP contribution in [0.3, 0.4) is 0 Å². The Labute approximate surface area is 195 Å². The normalized spacial score (nSPS) is 19.8. The molecule has 0 bridgehead atoms. The maximum atomic E-state index is 13.1. The van der Waals surface area contributed by atoms with E-state index in [0.29, 0.717) is 19.0 Å². The zero-order valence-electron chi connectivity index (χ0n) is 19.0. The van der Waals surface area contributed by atoms with Crippen molar-refractivity contribution in [2.75, 3.05) is 31.1 Å². The Balaban J connectivity index is 1.21. The highest BCUT2D eigenvalue weighted by Crippen LogP contribution is 2.31. The number of piperidine rings is 1. The monoisotopic (exact) mass is 448 g/mol. The number of rotatable bonds is 6. The summed E-state index contributed by atoms with van der Waals surface area (Å²) in [7, 11) is 0. The number of ether oxygens (including phenoxy) is 1. The summed E-state index contributed by atoms with van der Waals surface area (Å²) in [5.74, 6) is 1.45. The first-order valence-electron chi connectivity index (χ1n) is 12.2. The lowest BCUT2D eigenvalue weighted by Gasteiger charge is -2.34. The molecule has 0 spiro atoms. The number of carbonyl (C=O) groups excluding carboxylic acids is 2. The Morgan fingerprint density at radius 3 is 2.27 bits per heavy atom. The zero-order chi connectivity index (χ0) is 22.6. The van der Waals surface area contributed by atoms with E-state index in [4.69, 9.17) is 4.74 Å². The van der Waals surface area contributed by atoms with Gasteiger partial charge in [-0.05, 0) is 49.2 Å². The molecule has 0 radical (unpaired) electrons. The van der Waals surface area contributed by atoms with Crippen molar-refractivity contribution in [3.05, 3.63) is 48.8 Å². The van der Waals surface area contributed by atoms with Crippen LogP contribution in [-0.2, 0) is 9.59 Å². The molecular formula is C26H32N4O3. The molecule has 7 nitrogen and oxygen atoms in total. The smallest absolute Gasteiger partial charge is 0.237 e. The molecule has 1 aromatic carbocycles. The molecule has 0 atom stereocenters. The Morgan fingerprint density at radius 2 is 1.67 bits per heavy atom. The number of pyridine rings is 1. The van der Waals surface area contributed by atoms with Gasteiger partial charge < -0.3 is 15.0 Å². The number of hydrogen-bond donors (Lipinski definition) is 1. The molecule has 3 heterocycles. The molecule has 1 aliphatic carbocycles. The second-order valence-electron chi connectivity index (χ2n) is 9.36. The summed E-state index contributed by atoms with van der Waals surface area (Å²) in [6.45, 7) is 2.96. The van der Waals surface area contributed by atoms with Crippen molar-refractivity contribution in [2.24, 2.45) is 11.8 Å². The van der Waals surface area contributed by atoms with Crippen molar-refractivity contribution in [3.63, 3.8) is 0 Å².